The molecular formula is C8H14BF4N3. The molecule has 0 heterocycles. The molecule has 1 aromatic rings. The molecule has 0 bridgehead atoms. The Morgan fingerprint density at radius 2 is 0.875 bits per heavy atom. The van der Waals surface area contributed by atoms with Gasteiger partial charge in [-0.2, -0.15) is 0 Å². The molecule has 0 fully saturated rings. The minimum Gasteiger partial charge on any atom is -0.418 e. The third-order valence-corrected chi connectivity index (χ3v) is 0.667. The first-order valence-electron chi connectivity index (χ1n) is 4.10. The molecule has 0 aliphatic carbocycles. The third kappa shape index (κ3) is 83.5. The van der Waals surface area contributed by atoms with E-state index in [2.05, 4.69) is 5.32 Å². The molecule has 0 saturated carbocycles. The fourth-order valence-corrected chi connectivity index (χ4v) is 0.385. The van der Waals surface area contributed by atoms with Crippen molar-refractivity contribution in [2.45, 2.75) is 0 Å². The van der Waals surface area contributed by atoms with Crippen molar-refractivity contribution in [1.82, 2.24) is 5.32 Å². The van der Waals surface area contributed by atoms with Crippen LogP contribution < -0.4 is 10.7 Å². The zero-order valence-electron chi connectivity index (χ0n) is 9.00. The number of nitrogens with zero attached hydrogens (tertiary/aromatic N) is 1. The molecule has 92 valence electrons. The van der Waals surface area contributed by atoms with Crippen molar-refractivity contribution >= 4 is 7.25 Å². The fraction of sp³-hybridized carbons (Fsp3) is 0.250. The predicted molar refractivity (Wildman–Crippen MR) is 54.3 cm³/mol. The standard InChI is InChI=1S/C6H6.C2H7N.BF4.N2/c1-2-4-6-5-3-1;1-3-2;2-1(3,4)5;1-2/h1-6H;3H,1-2H3;;/q;;-1;/p+1. The van der Waals surface area contributed by atoms with E-state index in [1.165, 1.54) is 0 Å². The van der Waals surface area contributed by atoms with E-state index in [9.17, 15) is 17.3 Å². The van der Waals surface area contributed by atoms with Gasteiger partial charge in [0.1, 0.15) is 0 Å². The summed E-state index contributed by atoms with van der Waals surface area (Å²) in [7, 11) is -2.25. The van der Waals surface area contributed by atoms with E-state index < -0.39 is 7.25 Å². The maximum Gasteiger partial charge on any atom is 0.673 e. The van der Waals surface area contributed by atoms with Crippen molar-refractivity contribution < 1.29 is 22.7 Å². The van der Waals surface area contributed by atoms with Crippen molar-refractivity contribution in [1.29, 1.82) is 5.39 Å². The molecule has 1 aromatic carbocycles. The molecule has 0 aliphatic heterocycles. The molecule has 1 rings (SSSR count). The highest BCUT2D eigenvalue weighted by atomic mass is 19.5. The van der Waals surface area contributed by atoms with E-state index in [1.807, 2.05) is 50.5 Å². The fourth-order valence-electron chi connectivity index (χ4n) is 0.385. The number of benzene rings is 1. The molecule has 0 radical (unpaired) electrons. The Morgan fingerprint density at radius 3 is 0.938 bits per heavy atom. The number of hydrogen-bond acceptors (Lipinski definition) is 2. The molecule has 8 heteroatoms. The minimum atomic E-state index is -6.00. The van der Waals surface area contributed by atoms with E-state index in [-0.39, 0.29) is 0 Å². The van der Waals surface area contributed by atoms with Crippen LogP contribution in [0.4, 0.5) is 17.3 Å². The van der Waals surface area contributed by atoms with Gasteiger partial charge in [-0.25, -0.2) is 0 Å². The summed E-state index contributed by atoms with van der Waals surface area (Å²) in [6, 6.07) is 12.0. The average molecular weight is 239 g/mol. The van der Waals surface area contributed by atoms with Gasteiger partial charge < -0.3 is 22.6 Å². The van der Waals surface area contributed by atoms with Gasteiger partial charge in [0, 0.05) is 0 Å². The van der Waals surface area contributed by atoms with Crippen LogP contribution in [0.25, 0.3) is 0 Å². The van der Waals surface area contributed by atoms with Crippen LogP contribution in [-0.2, 0) is 0 Å². The van der Waals surface area contributed by atoms with E-state index in [4.69, 9.17) is 10.8 Å². The lowest BCUT2D eigenvalue weighted by Crippen LogP contribution is -2.11. The number of halogens is 4. The van der Waals surface area contributed by atoms with E-state index in [0.717, 1.165) is 0 Å². The van der Waals surface area contributed by atoms with Crippen LogP contribution in [0.3, 0.4) is 0 Å². The maximum atomic E-state index is 9.75. The van der Waals surface area contributed by atoms with Crippen molar-refractivity contribution in [2.24, 2.45) is 0 Å². The Bertz CT molecular complexity index is 195. The van der Waals surface area contributed by atoms with Gasteiger partial charge in [0.25, 0.3) is 0 Å². The van der Waals surface area contributed by atoms with Gasteiger partial charge in [0.2, 0.25) is 5.39 Å². The van der Waals surface area contributed by atoms with Crippen molar-refractivity contribution in [3.05, 3.63) is 36.4 Å². The molecule has 0 amide bonds. The summed E-state index contributed by atoms with van der Waals surface area (Å²) in [4.78, 5) is 0. The van der Waals surface area contributed by atoms with Crippen LogP contribution in [0.5, 0.6) is 0 Å². The first-order chi connectivity index (χ1) is 7.41. The van der Waals surface area contributed by atoms with Crippen LogP contribution in [0, 0.1) is 5.39 Å². The molecule has 0 unspecified atom stereocenters. The lowest BCUT2D eigenvalue weighted by Gasteiger charge is -1.94. The molecule has 0 aromatic heterocycles. The first-order valence-corrected chi connectivity index (χ1v) is 4.10. The summed E-state index contributed by atoms with van der Waals surface area (Å²) in [5.41, 5.74) is 0. The summed E-state index contributed by atoms with van der Waals surface area (Å²) < 4.78 is 39.0. The topological polar surface area (TPSA) is 59.6 Å². The average Bonchev–Trinajstić information content (AvgIpc) is 2.22. The Hall–Kier alpha value is -1.62. The quantitative estimate of drug-likeness (QED) is 0.404. The Kier molecular flexibility index (Phi) is 19.7. The molecule has 0 atom stereocenters. The van der Waals surface area contributed by atoms with Crippen molar-refractivity contribution in [3.63, 3.8) is 0 Å². The highest BCUT2D eigenvalue weighted by Crippen LogP contribution is 2.06. The summed E-state index contributed by atoms with van der Waals surface area (Å²) in [5, 5.41) is 13.8. The highest BCUT2D eigenvalue weighted by Gasteiger charge is 2.20. The number of hydrogen-bond donors (Lipinski definition) is 2. The molecule has 16 heavy (non-hydrogen) atoms. The molecule has 0 aliphatic rings. The molecule has 0 saturated heterocycles. The van der Waals surface area contributed by atoms with Crippen LogP contribution in [0.1, 0.15) is 0 Å². The smallest absolute Gasteiger partial charge is 0.418 e. The van der Waals surface area contributed by atoms with Gasteiger partial charge in [-0.15, -0.1) is 0 Å². The highest BCUT2D eigenvalue weighted by molar-refractivity contribution is 6.50. The zero-order chi connectivity index (χ0) is 13.4. The largest absolute Gasteiger partial charge is 0.673 e. The Morgan fingerprint density at radius 1 is 0.812 bits per heavy atom. The van der Waals surface area contributed by atoms with Gasteiger partial charge in [0.05, 0.1) is 5.39 Å². The van der Waals surface area contributed by atoms with Crippen LogP contribution in [-0.4, -0.2) is 21.3 Å². The number of rotatable bonds is 0. The van der Waals surface area contributed by atoms with E-state index in [1.54, 1.807) is 0 Å². The van der Waals surface area contributed by atoms with Gasteiger partial charge in [-0.3, -0.25) is 0 Å². The second kappa shape index (κ2) is 15.8. The second-order valence-electron chi connectivity index (χ2n) is 2.15. The summed E-state index contributed by atoms with van der Waals surface area (Å²) in [6.45, 7) is 0. The predicted octanol–water partition coefficient (Wildman–Crippen LogP) is 1.10. The molecular weight excluding hydrogens is 225 g/mol. The van der Waals surface area contributed by atoms with E-state index >= 15 is 0 Å². The SMILES string of the molecule is CNC.F[B-](F)(F)F.N#[NH+].c1ccccc1. The zero-order valence-corrected chi connectivity index (χ0v) is 9.00. The van der Waals surface area contributed by atoms with Crippen molar-refractivity contribution in [3.8, 4) is 0 Å². The van der Waals surface area contributed by atoms with Crippen LogP contribution >= 0.6 is 0 Å². The lowest BCUT2D eigenvalue weighted by molar-refractivity contribution is -0.175. The summed E-state index contributed by atoms with van der Waals surface area (Å²) in [5.74, 6) is 0. The Labute approximate surface area is 92.0 Å². The van der Waals surface area contributed by atoms with Crippen LogP contribution in [0.15, 0.2) is 36.4 Å². The maximum absolute atomic E-state index is 9.75. The van der Waals surface area contributed by atoms with Gasteiger partial charge in [-0.1, -0.05) is 36.4 Å². The second-order valence-corrected chi connectivity index (χ2v) is 2.15. The minimum absolute atomic E-state index is 1.88. The third-order valence-electron chi connectivity index (χ3n) is 0.667. The molecule has 0 spiro atoms. The summed E-state index contributed by atoms with van der Waals surface area (Å²) in [6.07, 6.45) is 0. The number of nitrogens with one attached hydrogen (secondary N) is 2. The van der Waals surface area contributed by atoms with E-state index in [0.29, 0.717) is 0 Å². The van der Waals surface area contributed by atoms with Gasteiger partial charge in [0.15, 0.2) is 0 Å². The first kappa shape index (κ1) is 19.9. The molecule has 2 N–H and O–H groups in total. The van der Waals surface area contributed by atoms with Crippen molar-refractivity contribution in [2.75, 3.05) is 14.1 Å². The molecule has 3 nitrogen and oxygen atoms in total. The number of diazo groups is 1. The lowest BCUT2D eigenvalue weighted by atomic mass is 10.3. The van der Waals surface area contributed by atoms with Crippen LogP contribution in [0.2, 0.25) is 0 Å². The summed E-state index contributed by atoms with van der Waals surface area (Å²) >= 11 is 0. The van der Waals surface area contributed by atoms with Gasteiger partial charge in [-0.05, 0) is 14.1 Å². The van der Waals surface area contributed by atoms with Gasteiger partial charge >= 0.3 is 7.25 Å². The monoisotopic (exact) mass is 239 g/mol. The Balaban J connectivity index is -0.000000155. The normalized spacial score (nSPS) is 8.00.